The zero-order valence-corrected chi connectivity index (χ0v) is 20.5. The smallest absolute Gasteiger partial charge is 0.245 e. The van der Waals surface area contributed by atoms with Crippen molar-refractivity contribution >= 4 is 40.8 Å². The van der Waals surface area contributed by atoms with E-state index in [0.717, 1.165) is 18.4 Å². The molecule has 6 nitrogen and oxygen atoms in total. The van der Waals surface area contributed by atoms with E-state index in [9.17, 15) is 9.59 Å². The van der Waals surface area contributed by atoms with E-state index in [1.54, 1.807) is 33.8 Å². The summed E-state index contributed by atoms with van der Waals surface area (Å²) in [6, 6.07) is 16.5. The topological polar surface area (TPSA) is 67.2 Å². The highest BCUT2D eigenvalue weighted by molar-refractivity contribution is 6.42. The number of unbranched alkanes of at least 4 members (excludes halogenated alkanes) is 1. The zero-order valence-electron chi connectivity index (χ0n) is 19.0. The van der Waals surface area contributed by atoms with E-state index in [4.69, 9.17) is 23.2 Å². The highest BCUT2D eigenvalue weighted by Gasteiger charge is 2.21. The quantitative estimate of drug-likeness (QED) is 0.390. The summed E-state index contributed by atoms with van der Waals surface area (Å²) in [7, 11) is 0. The van der Waals surface area contributed by atoms with Crippen molar-refractivity contribution in [2.24, 2.45) is 0 Å². The lowest BCUT2D eigenvalue weighted by molar-refractivity contribution is -0.136. The number of hydrogen-bond donors (Lipinski definition) is 1. The Morgan fingerprint density at radius 2 is 1.79 bits per heavy atom. The van der Waals surface area contributed by atoms with Crippen LogP contribution < -0.4 is 5.32 Å². The molecule has 0 aliphatic rings. The molecule has 3 aromatic rings. The number of carbonyl (C=O) groups excluding carboxylic acids is 2. The zero-order chi connectivity index (χ0) is 24.0. The number of aromatic nitrogens is 2. The second-order valence-corrected chi connectivity index (χ2v) is 8.87. The minimum Gasteiger partial charge on any atom is -0.331 e. The average Bonchev–Trinajstić information content (AvgIpc) is 3.21. The predicted molar refractivity (Wildman–Crippen MR) is 134 cm³/mol. The molecule has 0 spiro atoms. The summed E-state index contributed by atoms with van der Waals surface area (Å²) in [4.78, 5) is 27.1. The summed E-state index contributed by atoms with van der Waals surface area (Å²) < 4.78 is 1.61. The first-order valence-electron chi connectivity index (χ1n) is 11.0. The van der Waals surface area contributed by atoms with Crippen LogP contribution in [0.3, 0.4) is 0 Å². The van der Waals surface area contributed by atoms with Gasteiger partial charge in [-0.25, -0.2) is 4.68 Å². The van der Waals surface area contributed by atoms with Crippen LogP contribution in [0.4, 0.5) is 5.82 Å². The molecule has 3 rings (SSSR count). The normalized spacial score (nSPS) is 11.0. The van der Waals surface area contributed by atoms with Crippen LogP contribution in [0.2, 0.25) is 10.0 Å². The first-order valence-corrected chi connectivity index (χ1v) is 11.8. The lowest BCUT2D eigenvalue weighted by Gasteiger charge is -2.26. The van der Waals surface area contributed by atoms with Gasteiger partial charge in [0.15, 0.2) is 0 Å². The summed E-state index contributed by atoms with van der Waals surface area (Å²) in [5.74, 6) is 0.154. The summed E-state index contributed by atoms with van der Waals surface area (Å²) in [6.07, 6.45) is 2.16. The molecule has 174 valence electrons. The van der Waals surface area contributed by atoms with Gasteiger partial charge in [-0.3, -0.25) is 9.59 Å². The Labute approximate surface area is 204 Å². The Balaban J connectivity index is 1.90. The van der Waals surface area contributed by atoms with Gasteiger partial charge in [-0.1, -0.05) is 66.9 Å². The number of amides is 2. The molecule has 0 saturated carbocycles. The third-order valence-corrected chi connectivity index (χ3v) is 5.94. The van der Waals surface area contributed by atoms with Gasteiger partial charge in [0.25, 0.3) is 0 Å². The van der Waals surface area contributed by atoms with Crippen molar-refractivity contribution in [2.75, 3.05) is 11.9 Å². The second-order valence-electron chi connectivity index (χ2n) is 8.06. The van der Waals surface area contributed by atoms with Gasteiger partial charge in [0.2, 0.25) is 11.8 Å². The van der Waals surface area contributed by atoms with Crippen molar-refractivity contribution in [3.63, 3.8) is 0 Å². The third-order valence-electron chi connectivity index (χ3n) is 5.20. The van der Waals surface area contributed by atoms with Crippen LogP contribution in [0.25, 0.3) is 16.9 Å². The monoisotopic (exact) mass is 486 g/mol. The molecule has 0 radical (unpaired) electrons. The third kappa shape index (κ3) is 6.36. The standard InChI is InChI=1S/C25H28Cl2N4O2/c1-4-5-11-25(33)30(17(2)3)16-24(32)28-23-15-22(18-9-7-6-8-10-18)29-31(23)19-12-13-20(26)21(27)14-19/h6-10,12-15,17H,4-5,11,16H2,1-3H3,(H,28,32). The van der Waals surface area contributed by atoms with Gasteiger partial charge in [-0.05, 0) is 38.5 Å². The Kier molecular flexibility index (Phi) is 8.53. The van der Waals surface area contributed by atoms with Crippen LogP contribution in [0.5, 0.6) is 0 Å². The van der Waals surface area contributed by atoms with Crippen molar-refractivity contribution in [1.82, 2.24) is 14.7 Å². The maximum absolute atomic E-state index is 13.0. The molecule has 0 aliphatic heterocycles. The number of hydrogen-bond acceptors (Lipinski definition) is 3. The molecule has 0 saturated heterocycles. The summed E-state index contributed by atoms with van der Waals surface area (Å²) >= 11 is 12.3. The van der Waals surface area contributed by atoms with Gasteiger partial charge in [0, 0.05) is 24.1 Å². The molecular formula is C25H28Cl2N4O2. The number of nitrogens with zero attached hydrogens (tertiary/aromatic N) is 3. The highest BCUT2D eigenvalue weighted by atomic mass is 35.5. The molecule has 8 heteroatoms. The van der Waals surface area contributed by atoms with Crippen LogP contribution in [0, 0.1) is 0 Å². The van der Waals surface area contributed by atoms with Crippen LogP contribution in [0.1, 0.15) is 40.0 Å². The van der Waals surface area contributed by atoms with E-state index < -0.39 is 0 Å². The summed E-state index contributed by atoms with van der Waals surface area (Å²) in [6.45, 7) is 5.82. The van der Waals surface area contributed by atoms with E-state index in [1.165, 1.54) is 0 Å². The van der Waals surface area contributed by atoms with E-state index >= 15 is 0 Å². The summed E-state index contributed by atoms with van der Waals surface area (Å²) in [5, 5.41) is 8.42. The number of benzene rings is 2. The van der Waals surface area contributed by atoms with Crippen molar-refractivity contribution in [2.45, 2.75) is 46.1 Å². The largest absolute Gasteiger partial charge is 0.331 e. The number of halogens is 2. The number of rotatable bonds is 9. The first-order chi connectivity index (χ1) is 15.8. The van der Waals surface area contributed by atoms with Crippen molar-refractivity contribution in [3.05, 3.63) is 64.6 Å². The molecule has 33 heavy (non-hydrogen) atoms. The second kappa shape index (κ2) is 11.3. The van der Waals surface area contributed by atoms with Crippen molar-refractivity contribution in [1.29, 1.82) is 0 Å². The predicted octanol–water partition coefficient (Wildman–Crippen LogP) is 6.21. The van der Waals surface area contributed by atoms with Crippen LogP contribution >= 0.6 is 23.2 Å². The van der Waals surface area contributed by atoms with Gasteiger partial charge < -0.3 is 10.2 Å². The number of nitrogens with one attached hydrogen (secondary N) is 1. The molecule has 2 aromatic carbocycles. The number of carbonyl (C=O) groups is 2. The average molecular weight is 487 g/mol. The minimum atomic E-state index is -0.297. The fraction of sp³-hybridized carbons (Fsp3) is 0.320. The molecule has 0 fully saturated rings. The Hall–Kier alpha value is -2.83. The van der Waals surface area contributed by atoms with Gasteiger partial charge in [0.1, 0.15) is 12.4 Å². The highest BCUT2D eigenvalue weighted by Crippen LogP contribution is 2.29. The van der Waals surface area contributed by atoms with E-state index in [0.29, 0.717) is 33.7 Å². The summed E-state index contributed by atoms with van der Waals surface area (Å²) in [5.41, 5.74) is 2.25. The minimum absolute atomic E-state index is 0.0232. The van der Waals surface area contributed by atoms with Gasteiger partial charge in [0.05, 0.1) is 21.4 Å². The van der Waals surface area contributed by atoms with Gasteiger partial charge in [-0.15, -0.1) is 0 Å². The van der Waals surface area contributed by atoms with E-state index in [1.807, 2.05) is 51.1 Å². The Bertz CT molecular complexity index is 1110. The SMILES string of the molecule is CCCCC(=O)N(CC(=O)Nc1cc(-c2ccccc2)nn1-c1ccc(Cl)c(Cl)c1)C(C)C. The maximum Gasteiger partial charge on any atom is 0.245 e. The lowest BCUT2D eigenvalue weighted by atomic mass is 10.1. The molecule has 0 unspecified atom stereocenters. The molecule has 1 aromatic heterocycles. The number of anilines is 1. The molecule has 1 heterocycles. The Morgan fingerprint density at radius 3 is 2.42 bits per heavy atom. The molecule has 2 amide bonds. The molecule has 1 N–H and O–H groups in total. The Morgan fingerprint density at radius 1 is 1.06 bits per heavy atom. The van der Waals surface area contributed by atoms with Crippen molar-refractivity contribution in [3.8, 4) is 16.9 Å². The van der Waals surface area contributed by atoms with Gasteiger partial charge in [-0.2, -0.15) is 5.10 Å². The van der Waals surface area contributed by atoms with Crippen LogP contribution in [0.15, 0.2) is 54.6 Å². The maximum atomic E-state index is 13.0. The van der Waals surface area contributed by atoms with Crippen molar-refractivity contribution < 1.29 is 9.59 Å². The van der Waals surface area contributed by atoms with Crippen LogP contribution in [-0.4, -0.2) is 39.1 Å². The molecule has 0 bridgehead atoms. The van der Waals surface area contributed by atoms with E-state index in [-0.39, 0.29) is 24.4 Å². The first kappa shape index (κ1) is 24.8. The van der Waals surface area contributed by atoms with E-state index in [2.05, 4.69) is 10.4 Å². The molecule has 0 aliphatic carbocycles. The lowest BCUT2D eigenvalue weighted by Crippen LogP contribution is -2.42. The fourth-order valence-corrected chi connectivity index (χ4v) is 3.69. The molecular weight excluding hydrogens is 459 g/mol. The fourth-order valence-electron chi connectivity index (χ4n) is 3.40. The molecule has 0 atom stereocenters. The van der Waals surface area contributed by atoms with Crippen LogP contribution in [-0.2, 0) is 9.59 Å². The van der Waals surface area contributed by atoms with Gasteiger partial charge >= 0.3 is 0 Å².